The lowest BCUT2D eigenvalue weighted by atomic mass is 9.79. The van der Waals surface area contributed by atoms with Crippen LogP contribution >= 0.6 is 15.9 Å². The van der Waals surface area contributed by atoms with E-state index in [-0.39, 0.29) is 11.4 Å². The van der Waals surface area contributed by atoms with Crippen LogP contribution in [-0.4, -0.2) is 18.5 Å². The summed E-state index contributed by atoms with van der Waals surface area (Å²) in [6.45, 7) is 2.02. The minimum Gasteiger partial charge on any atom is -0.326 e. The smallest absolute Gasteiger partial charge is 0.226 e. The summed E-state index contributed by atoms with van der Waals surface area (Å²) in [5.74, 6) is 0.0961. The number of carbonyl (C=O) groups excluding carboxylic acids is 1. The lowest BCUT2D eigenvalue weighted by Gasteiger charge is -2.36. The predicted octanol–water partition coefficient (Wildman–Crippen LogP) is 4.01. The highest BCUT2D eigenvalue weighted by Gasteiger charge is 2.32. The summed E-state index contributed by atoms with van der Waals surface area (Å²) in [6.07, 6.45) is 6.45. The molecule has 4 heteroatoms. The maximum absolute atomic E-state index is 12.3. The maximum atomic E-state index is 12.3. The summed E-state index contributed by atoms with van der Waals surface area (Å²) in [6, 6.07) is 5.97. The van der Waals surface area contributed by atoms with E-state index in [9.17, 15) is 4.79 Å². The first-order valence-corrected chi connectivity index (χ1v) is 8.08. The molecule has 0 saturated heterocycles. The Balaban J connectivity index is 2.00. The molecule has 0 atom stereocenters. The van der Waals surface area contributed by atoms with Crippen molar-refractivity contribution in [2.24, 2.45) is 0 Å². The Labute approximate surface area is 129 Å². The van der Waals surface area contributed by atoms with Gasteiger partial charge in [-0.15, -0.1) is 0 Å². The van der Waals surface area contributed by atoms with Crippen LogP contribution in [0.2, 0.25) is 0 Å². The molecule has 0 bridgehead atoms. The summed E-state index contributed by atoms with van der Waals surface area (Å²) in [4.78, 5) is 12.3. The van der Waals surface area contributed by atoms with Crippen LogP contribution in [0.3, 0.4) is 0 Å². The van der Waals surface area contributed by atoms with E-state index in [1.54, 1.807) is 0 Å². The SMILES string of the molecule is CNC1(CC(=O)Nc2cc(C)cc(Br)c2)CCCCC1. The van der Waals surface area contributed by atoms with E-state index in [4.69, 9.17) is 0 Å². The molecule has 0 radical (unpaired) electrons. The van der Waals surface area contributed by atoms with E-state index in [2.05, 4.69) is 26.6 Å². The molecule has 1 aliphatic carbocycles. The molecule has 0 heterocycles. The monoisotopic (exact) mass is 338 g/mol. The number of anilines is 1. The standard InChI is InChI=1S/C16H23BrN2O/c1-12-8-13(17)10-14(9-12)19-15(20)11-16(18-2)6-4-3-5-7-16/h8-10,18H,3-7,11H2,1-2H3,(H,19,20). The number of benzene rings is 1. The fraction of sp³-hybridized carbons (Fsp3) is 0.562. The molecular weight excluding hydrogens is 316 g/mol. The Kier molecular flexibility index (Phi) is 5.22. The van der Waals surface area contributed by atoms with E-state index < -0.39 is 0 Å². The number of hydrogen-bond acceptors (Lipinski definition) is 2. The Hall–Kier alpha value is -0.870. The number of aryl methyl sites for hydroxylation is 1. The van der Waals surface area contributed by atoms with Gasteiger partial charge in [0.15, 0.2) is 0 Å². The van der Waals surface area contributed by atoms with Crippen molar-refractivity contribution in [2.75, 3.05) is 12.4 Å². The van der Waals surface area contributed by atoms with Gasteiger partial charge in [-0.2, -0.15) is 0 Å². The third-order valence-electron chi connectivity index (χ3n) is 4.17. The van der Waals surface area contributed by atoms with Gasteiger partial charge in [0.25, 0.3) is 0 Å². The highest BCUT2D eigenvalue weighted by atomic mass is 79.9. The van der Waals surface area contributed by atoms with Gasteiger partial charge in [0, 0.05) is 22.1 Å². The zero-order valence-electron chi connectivity index (χ0n) is 12.3. The van der Waals surface area contributed by atoms with E-state index in [0.717, 1.165) is 28.6 Å². The van der Waals surface area contributed by atoms with Crippen LogP contribution in [0.15, 0.2) is 22.7 Å². The minimum absolute atomic E-state index is 0.0105. The van der Waals surface area contributed by atoms with Gasteiger partial charge in [0.05, 0.1) is 0 Å². The molecule has 20 heavy (non-hydrogen) atoms. The van der Waals surface area contributed by atoms with Crippen LogP contribution < -0.4 is 10.6 Å². The molecule has 0 aliphatic heterocycles. The number of halogens is 1. The van der Waals surface area contributed by atoms with Crippen LogP contribution in [0.4, 0.5) is 5.69 Å². The fourth-order valence-electron chi connectivity index (χ4n) is 3.06. The van der Waals surface area contributed by atoms with Crippen LogP contribution in [-0.2, 0) is 4.79 Å². The zero-order chi connectivity index (χ0) is 14.6. The van der Waals surface area contributed by atoms with Crippen LogP contribution in [0.25, 0.3) is 0 Å². The Morgan fingerprint density at radius 2 is 1.95 bits per heavy atom. The van der Waals surface area contributed by atoms with Crippen molar-refractivity contribution in [2.45, 2.75) is 51.0 Å². The number of hydrogen-bond donors (Lipinski definition) is 2. The van der Waals surface area contributed by atoms with E-state index in [0.29, 0.717) is 6.42 Å². The number of amides is 1. The van der Waals surface area contributed by atoms with Crippen LogP contribution in [0, 0.1) is 6.92 Å². The van der Waals surface area contributed by atoms with Crippen molar-refractivity contribution in [1.29, 1.82) is 0 Å². The Morgan fingerprint density at radius 1 is 1.25 bits per heavy atom. The van der Waals surface area contributed by atoms with E-state index in [1.807, 2.05) is 32.2 Å². The van der Waals surface area contributed by atoms with Gasteiger partial charge < -0.3 is 10.6 Å². The molecule has 0 unspecified atom stereocenters. The topological polar surface area (TPSA) is 41.1 Å². The summed E-state index contributed by atoms with van der Waals surface area (Å²) >= 11 is 3.46. The van der Waals surface area contributed by atoms with Crippen molar-refractivity contribution in [3.05, 3.63) is 28.2 Å². The second-order valence-corrected chi connectivity index (χ2v) is 6.75. The summed E-state index contributed by atoms with van der Waals surface area (Å²) < 4.78 is 0.994. The van der Waals surface area contributed by atoms with Gasteiger partial charge >= 0.3 is 0 Å². The van der Waals surface area contributed by atoms with E-state index in [1.165, 1.54) is 19.3 Å². The molecule has 1 saturated carbocycles. The molecule has 3 nitrogen and oxygen atoms in total. The molecule has 1 aromatic rings. The number of nitrogens with one attached hydrogen (secondary N) is 2. The minimum atomic E-state index is -0.0105. The molecule has 1 aliphatic rings. The van der Waals surface area contributed by atoms with Crippen molar-refractivity contribution in [3.8, 4) is 0 Å². The van der Waals surface area contributed by atoms with Crippen molar-refractivity contribution >= 4 is 27.5 Å². The lowest BCUT2D eigenvalue weighted by molar-refractivity contribution is -0.117. The first-order valence-electron chi connectivity index (χ1n) is 7.29. The lowest BCUT2D eigenvalue weighted by Crippen LogP contribution is -2.47. The average Bonchev–Trinajstić information content (AvgIpc) is 2.38. The molecule has 1 amide bonds. The van der Waals surface area contributed by atoms with E-state index >= 15 is 0 Å². The second-order valence-electron chi connectivity index (χ2n) is 5.83. The third kappa shape index (κ3) is 4.06. The third-order valence-corrected chi connectivity index (χ3v) is 4.62. The van der Waals surface area contributed by atoms with Crippen molar-refractivity contribution < 1.29 is 4.79 Å². The second kappa shape index (κ2) is 6.72. The molecule has 1 aromatic carbocycles. The summed E-state index contributed by atoms with van der Waals surface area (Å²) in [5, 5.41) is 6.41. The first kappa shape index (κ1) is 15.5. The Bertz CT molecular complexity index is 461. The summed E-state index contributed by atoms with van der Waals surface area (Å²) in [7, 11) is 1.97. The highest BCUT2D eigenvalue weighted by Crippen LogP contribution is 2.31. The zero-order valence-corrected chi connectivity index (χ0v) is 13.8. The fourth-order valence-corrected chi connectivity index (χ4v) is 3.67. The molecule has 0 spiro atoms. The maximum Gasteiger partial charge on any atom is 0.226 e. The average molecular weight is 339 g/mol. The molecule has 0 aromatic heterocycles. The highest BCUT2D eigenvalue weighted by molar-refractivity contribution is 9.10. The largest absolute Gasteiger partial charge is 0.326 e. The number of rotatable bonds is 4. The predicted molar refractivity (Wildman–Crippen MR) is 87.0 cm³/mol. The van der Waals surface area contributed by atoms with Gasteiger partial charge in [-0.3, -0.25) is 4.79 Å². The van der Waals surface area contributed by atoms with Crippen molar-refractivity contribution in [1.82, 2.24) is 5.32 Å². The van der Waals surface area contributed by atoms with Gasteiger partial charge in [-0.25, -0.2) is 0 Å². The molecule has 110 valence electrons. The van der Waals surface area contributed by atoms with Gasteiger partial charge in [-0.05, 0) is 50.6 Å². The molecule has 2 rings (SSSR count). The molecule has 2 N–H and O–H groups in total. The first-order chi connectivity index (χ1) is 9.53. The van der Waals surface area contributed by atoms with Gasteiger partial charge in [0.2, 0.25) is 5.91 Å². The number of carbonyl (C=O) groups is 1. The molecular formula is C16H23BrN2O. The van der Waals surface area contributed by atoms with Crippen LogP contribution in [0.1, 0.15) is 44.1 Å². The van der Waals surface area contributed by atoms with Crippen molar-refractivity contribution in [3.63, 3.8) is 0 Å². The quantitative estimate of drug-likeness (QED) is 0.870. The summed E-state index contributed by atoms with van der Waals surface area (Å²) in [5.41, 5.74) is 1.99. The normalized spacial score (nSPS) is 17.8. The van der Waals surface area contributed by atoms with Crippen LogP contribution in [0.5, 0.6) is 0 Å². The van der Waals surface area contributed by atoms with Gasteiger partial charge in [0.1, 0.15) is 0 Å². The molecule has 1 fully saturated rings. The Morgan fingerprint density at radius 3 is 2.55 bits per heavy atom. The van der Waals surface area contributed by atoms with Gasteiger partial charge in [-0.1, -0.05) is 35.2 Å².